The van der Waals surface area contributed by atoms with Gasteiger partial charge in [-0.25, -0.2) is 0 Å². The first-order valence-corrected chi connectivity index (χ1v) is 6.92. The summed E-state index contributed by atoms with van der Waals surface area (Å²) in [4.78, 5) is 1.99. The molecular weight excluding hydrogens is 292 g/mol. The molecule has 0 aliphatic heterocycles. The minimum Gasteiger partial charge on any atom is -0.388 e. The van der Waals surface area contributed by atoms with Gasteiger partial charge >= 0.3 is 0 Å². The molecule has 0 spiro atoms. The number of aryl methyl sites for hydroxylation is 1. The maximum atomic E-state index is 10.2. The average Bonchev–Trinajstić information content (AvgIpc) is 2.19. The maximum Gasteiger partial charge on any atom is 0.0869 e. The number of halogens is 1. The SMILES string of the molecule is Cc1ccc(CNCC(C)(O)CN(C)C)c(Br)c1. The second-order valence-electron chi connectivity index (χ2n) is 5.43. The van der Waals surface area contributed by atoms with Gasteiger partial charge in [0.25, 0.3) is 0 Å². The maximum absolute atomic E-state index is 10.2. The number of aliphatic hydroxyl groups is 1. The Balaban J connectivity index is 2.46. The number of hydrogen-bond acceptors (Lipinski definition) is 3. The van der Waals surface area contributed by atoms with Crippen molar-refractivity contribution in [1.82, 2.24) is 10.2 Å². The largest absolute Gasteiger partial charge is 0.388 e. The lowest BCUT2D eigenvalue weighted by molar-refractivity contribution is 0.0336. The van der Waals surface area contributed by atoms with E-state index in [0.29, 0.717) is 13.1 Å². The monoisotopic (exact) mass is 314 g/mol. The van der Waals surface area contributed by atoms with Crippen LogP contribution in [0.2, 0.25) is 0 Å². The van der Waals surface area contributed by atoms with Crippen molar-refractivity contribution in [1.29, 1.82) is 0 Å². The Morgan fingerprint density at radius 1 is 1.39 bits per heavy atom. The van der Waals surface area contributed by atoms with E-state index in [1.165, 1.54) is 11.1 Å². The molecule has 4 heteroatoms. The van der Waals surface area contributed by atoms with Crippen molar-refractivity contribution >= 4 is 15.9 Å². The lowest BCUT2D eigenvalue weighted by atomic mass is 10.1. The molecule has 0 heterocycles. The van der Waals surface area contributed by atoms with E-state index in [1.807, 2.05) is 25.9 Å². The van der Waals surface area contributed by atoms with Crippen LogP contribution in [0.15, 0.2) is 22.7 Å². The van der Waals surface area contributed by atoms with Gasteiger partial charge in [0.1, 0.15) is 0 Å². The third-order valence-electron chi connectivity index (χ3n) is 2.69. The molecule has 0 fully saturated rings. The van der Waals surface area contributed by atoms with Crippen molar-refractivity contribution in [3.8, 4) is 0 Å². The number of nitrogens with one attached hydrogen (secondary N) is 1. The van der Waals surface area contributed by atoms with Crippen molar-refractivity contribution in [3.05, 3.63) is 33.8 Å². The standard InChI is InChI=1S/C14H23BrN2O/c1-11-5-6-12(13(15)7-11)8-16-9-14(2,18)10-17(3)4/h5-7,16,18H,8-10H2,1-4H3. The number of nitrogens with zero attached hydrogens (tertiary/aromatic N) is 1. The molecule has 0 amide bonds. The van der Waals surface area contributed by atoms with Crippen LogP contribution >= 0.6 is 15.9 Å². The zero-order valence-electron chi connectivity index (χ0n) is 11.6. The van der Waals surface area contributed by atoms with E-state index in [0.717, 1.165) is 11.0 Å². The first-order valence-electron chi connectivity index (χ1n) is 6.13. The molecule has 0 saturated heterocycles. The van der Waals surface area contributed by atoms with Crippen LogP contribution in [0.3, 0.4) is 0 Å². The highest BCUT2D eigenvalue weighted by Gasteiger charge is 2.20. The van der Waals surface area contributed by atoms with E-state index in [-0.39, 0.29) is 0 Å². The fourth-order valence-electron chi connectivity index (χ4n) is 2.00. The predicted octanol–water partition coefficient (Wildman–Crippen LogP) is 2.16. The molecule has 1 aromatic rings. The van der Waals surface area contributed by atoms with Crippen LogP contribution in [-0.2, 0) is 6.54 Å². The summed E-state index contributed by atoms with van der Waals surface area (Å²) in [6.07, 6.45) is 0. The molecule has 0 saturated carbocycles. The summed E-state index contributed by atoms with van der Waals surface area (Å²) in [6.45, 7) is 5.90. The van der Waals surface area contributed by atoms with E-state index in [4.69, 9.17) is 0 Å². The van der Waals surface area contributed by atoms with Crippen LogP contribution in [-0.4, -0.2) is 42.8 Å². The molecule has 1 aromatic carbocycles. The highest BCUT2D eigenvalue weighted by Crippen LogP contribution is 2.18. The average molecular weight is 315 g/mol. The third kappa shape index (κ3) is 5.48. The summed E-state index contributed by atoms with van der Waals surface area (Å²) in [5.74, 6) is 0. The molecule has 0 aliphatic carbocycles. The Bertz CT molecular complexity index is 391. The van der Waals surface area contributed by atoms with E-state index in [9.17, 15) is 5.11 Å². The molecule has 1 unspecified atom stereocenters. The van der Waals surface area contributed by atoms with Crippen LogP contribution in [0.4, 0.5) is 0 Å². The highest BCUT2D eigenvalue weighted by atomic mass is 79.9. The number of likely N-dealkylation sites (N-methyl/N-ethyl adjacent to an activating group) is 1. The number of benzene rings is 1. The Labute approximate surface area is 118 Å². The first-order chi connectivity index (χ1) is 8.30. The third-order valence-corrected chi connectivity index (χ3v) is 3.42. The summed E-state index contributed by atoms with van der Waals surface area (Å²) in [5, 5.41) is 13.5. The van der Waals surface area contributed by atoms with Gasteiger partial charge < -0.3 is 15.3 Å². The molecule has 1 atom stereocenters. The van der Waals surface area contributed by atoms with Crippen molar-refractivity contribution in [2.24, 2.45) is 0 Å². The lowest BCUT2D eigenvalue weighted by Gasteiger charge is -2.27. The van der Waals surface area contributed by atoms with Gasteiger partial charge in [0, 0.05) is 24.1 Å². The second kappa shape index (κ2) is 6.66. The lowest BCUT2D eigenvalue weighted by Crippen LogP contribution is -2.45. The van der Waals surface area contributed by atoms with Crippen molar-refractivity contribution in [3.63, 3.8) is 0 Å². The zero-order chi connectivity index (χ0) is 13.8. The fourth-order valence-corrected chi connectivity index (χ4v) is 2.63. The van der Waals surface area contributed by atoms with Gasteiger partial charge in [0.2, 0.25) is 0 Å². The summed E-state index contributed by atoms with van der Waals surface area (Å²) in [6, 6.07) is 6.31. The molecule has 2 N–H and O–H groups in total. The van der Waals surface area contributed by atoms with Gasteiger partial charge in [-0.1, -0.05) is 28.1 Å². The molecule has 0 aliphatic rings. The zero-order valence-corrected chi connectivity index (χ0v) is 13.2. The Hall–Kier alpha value is -0.420. The molecule has 0 bridgehead atoms. The van der Waals surface area contributed by atoms with E-state index in [2.05, 4.69) is 46.4 Å². The summed E-state index contributed by atoms with van der Waals surface area (Å²) in [5.41, 5.74) is 1.74. The predicted molar refractivity (Wildman–Crippen MR) is 79.8 cm³/mol. The van der Waals surface area contributed by atoms with E-state index < -0.39 is 5.60 Å². The van der Waals surface area contributed by atoms with Crippen LogP contribution in [0.1, 0.15) is 18.1 Å². The van der Waals surface area contributed by atoms with Crippen molar-refractivity contribution < 1.29 is 5.11 Å². The Kier molecular flexibility index (Phi) is 5.79. The van der Waals surface area contributed by atoms with Gasteiger partial charge in [0.05, 0.1) is 5.60 Å². The second-order valence-corrected chi connectivity index (χ2v) is 6.29. The quantitative estimate of drug-likeness (QED) is 0.844. The van der Waals surface area contributed by atoms with Crippen LogP contribution in [0, 0.1) is 6.92 Å². The minimum absolute atomic E-state index is 0.575. The Morgan fingerprint density at radius 3 is 2.61 bits per heavy atom. The molecule has 0 radical (unpaired) electrons. The van der Waals surface area contributed by atoms with E-state index >= 15 is 0 Å². The highest BCUT2D eigenvalue weighted by molar-refractivity contribution is 9.10. The molecular formula is C14H23BrN2O. The van der Waals surface area contributed by atoms with Gasteiger partial charge in [0.15, 0.2) is 0 Å². The molecule has 3 nitrogen and oxygen atoms in total. The first kappa shape index (κ1) is 15.6. The molecule has 1 rings (SSSR count). The van der Waals surface area contributed by atoms with Gasteiger partial charge in [-0.3, -0.25) is 0 Å². The van der Waals surface area contributed by atoms with Gasteiger partial charge in [-0.15, -0.1) is 0 Å². The smallest absolute Gasteiger partial charge is 0.0869 e. The topological polar surface area (TPSA) is 35.5 Å². The van der Waals surface area contributed by atoms with Crippen LogP contribution in [0.25, 0.3) is 0 Å². The summed E-state index contributed by atoms with van der Waals surface area (Å²) >= 11 is 3.56. The van der Waals surface area contributed by atoms with Gasteiger partial charge in [-0.05, 0) is 45.1 Å². The normalized spacial score (nSPS) is 14.8. The molecule has 102 valence electrons. The minimum atomic E-state index is -0.708. The number of rotatable bonds is 6. The Morgan fingerprint density at radius 2 is 2.06 bits per heavy atom. The van der Waals surface area contributed by atoms with Crippen LogP contribution < -0.4 is 5.32 Å². The van der Waals surface area contributed by atoms with Crippen molar-refractivity contribution in [2.45, 2.75) is 26.0 Å². The van der Waals surface area contributed by atoms with E-state index in [1.54, 1.807) is 0 Å². The van der Waals surface area contributed by atoms with Crippen molar-refractivity contribution in [2.75, 3.05) is 27.2 Å². The molecule has 0 aromatic heterocycles. The van der Waals surface area contributed by atoms with Gasteiger partial charge in [-0.2, -0.15) is 0 Å². The fraction of sp³-hybridized carbons (Fsp3) is 0.571. The van der Waals surface area contributed by atoms with Crippen LogP contribution in [0.5, 0.6) is 0 Å². The number of hydrogen-bond donors (Lipinski definition) is 2. The summed E-state index contributed by atoms with van der Waals surface area (Å²) < 4.78 is 1.11. The molecule has 18 heavy (non-hydrogen) atoms. The summed E-state index contributed by atoms with van der Waals surface area (Å²) in [7, 11) is 3.93.